The zero-order valence-electron chi connectivity index (χ0n) is 11.8. The maximum Gasteiger partial charge on any atom is 0.355 e. The van der Waals surface area contributed by atoms with E-state index in [-0.39, 0.29) is 30.2 Å². The third-order valence-corrected chi connectivity index (χ3v) is 3.10. The highest BCUT2D eigenvalue weighted by molar-refractivity contribution is 6.15. The van der Waals surface area contributed by atoms with Crippen LogP contribution < -0.4 is 0 Å². The standard InChI is InChI=1S/C16H14FNO3/c1-4-8-18-13-7-6-11(17)9-12(13)14(10(3)19)15(18)16(20)21-5-2/h1,6-7,9H,5,8H2,2-3H3. The molecular weight excluding hydrogens is 273 g/mol. The summed E-state index contributed by atoms with van der Waals surface area (Å²) in [6.45, 7) is 3.24. The molecule has 0 spiro atoms. The lowest BCUT2D eigenvalue weighted by molar-refractivity contribution is 0.0512. The number of halogens is 1. The van der Waals surface area contributed by atoms with Crippen LogP contribution in [0.5, 0.6) is 0 Å². The molecule has 0 amide bonds. The number of fused-ring (bicyclic) bond motifs is 1. The van der Waals surface area contributed by atoms with Crippen LogP contribution in [-0.2, 0) is 11.3 Å². The number of carbonyl (C=O) groups is 2. The Hall–Kier alpha value is -2.61. The first kappa shape index (κ1) is 14.8. The molecule has 2 rings (SSSR count). The fourth-order valence-electron chi connectivity index (χ4n) is 2.35. The molecule has 0 saturated heterocycles. The average molecular weight is 287 g/mol. The number of ketones is 1. The summed E-state index contributed by atoms with van der Waals surface area (Å²) < 4.78 is 20.0. The quantitative estimate of drug-likeness (QED) is 0.493. The number of Topliss-reactive ketones (excluding diaryl/α,β-unsaturated/α-hetero) is 1. The summed E-state index contributed by atoms with van der Waals surface area (Å²) in [7, 11) is 0. The largest absolute Gasteiger partial charge is 0.461 e. The van der Waals surface area contributed by atoms with E-state index in [0.29, 0.717) is 10.9 Å². The normalized spacial score (nSPS) is 10.4. The van der Waals surface area contributed by atoms with Gasteiger partial charge in [-0.25, -0.2) is 9.18 Å². The Morgan fingerprint density at radius 1 is 1.43 bits per heavy atom. The van der Waals surface area contributed by atoms with Crippen molar-refractivity contribution < 1.29 is 18.7 Å². The van der Waals surface area contributed by atoms with Crippen LogP contribution in [-0.4, -0.2) is 22.9 Å². The van der Waals surface area contributed by atoms with Gasteiger partial charge in [-0.15, -0.1) is 6.42 Å². The van der Waals surface area contributed by atoms with E-state index >= 15 is 0 Å². The molecule has 2 aromatic rings. The molecule has 1 aromatic heterocycles. The average Bonchev–Trinajstić information content (AvgIpc) is 2.73. The van der Waals surface area contributed by atoms with Gasteiger partial charge in [-0.05, 0) is 32.0 Å². The highest BCUT2D eigenvalue weighted by atomic mass is 19.1. The first-order chi connectivity index (χ1) is 10.0. The van der Waals surface area contributed by atoms with Crippen LogP contribution in [0.1, 0.15) is 34.7 Å². The molecule has 1 aromatic carbocycles. The van der Waals surface area contributed by atoms with E-state index in [1.165, 1.54) is 29.7 Å². The molecule has 21 heavy (non-hydrogen) atoms. The Labute approximate surface area is 121 Å². The fraction of sp³-hybridized carbons (Fsp3) is 0.250. The summed E-state index contributed by atoms with van der Waals surface area (Å²) in [6.07, 6.45) is 5.33. The summed E-state index contributed by atoms with van der Waals surface area (Å²) in [5.41, 5.74) is 0.740. The SMILES string of the molecule is C#CCn1c(C(=O)OCC)c(C(C)=O)c2cc(F)ccc21. The number of aromatic nitrogens is 1. The van der Waals surface area contributed by atoms with Crippen molar-refractivity contribution >= 4 is 22.7 Å². The molecule has 0 radical (unpaired) electrons. The molecule has 108 valence electrons. The number of hydrogen-bond donors (Lipinski definition) is 0. The maximum absolute atomic E-state index is 13.5. The molecule has 0 N–H and O–H groups in total. The monoisotopic (exact) mass is 287 g/mol. The van der Waals surface area contributed by atoms with Gasteiger partial charge in [-0.2, -0.15) is 0 Å². The second-order valence-corrected chi connectivity index (χ2v) is 4.45. The molecule has 0 atom stereocenters. The predicted molar refractivity (Wildman–Crippen MR) is 76.7 cm³/mol. The minimum atomic E-state index is -0.644. The summed E-state index contributed by atoms with van der Waals surface area (Å²) in [5, 5.41) is 0.362. The van der Waals surface area contributed by atoms with Crippen LogP contribution >= 0.6 is 0 Å². The Kier molecular flexibility index (Phi) is 4.08. The predicted octanol–water partition coefficient (Wildman–Crippen LogP) is 2.79. The first-order valence-electron chi connectivity index (χ1n) is 6.44. The van der Waals surface area contributed by atoms with E-state index in [2.05, 4.69) is 5.92 Å². The van der Waals surface area contributed by atoms with Crippen LogP contribution in [0.25, 0.3) is 10.9 Å². The minimum Gasteiger partial charge on any atom is -0.461 e. The van der Waals surface area contributed by atoms with Crippen molar-refractivity contribution in [2.45, 2.75) is 20.4 Å². The van der Waals surface area contributed by atoms with E-state index < -0.39 is 11.8 Å². The molecule has 0 aliphatic rings. The van der Waals surface area contributed by atoms with Crippen molar-refractivity contribution in [2.24, 2.45) is 0 Å². The number of ether oxygens (including phenoxy) is 1. The van der Waals surface area contributed by atoms with E-state index in [1.807, 2.05) is 0 Å². The van der Waals surface area contributed by atoms with E-state index in [9.17, 15) is 14.0 Å². The van der Waals surface area contributed by atoms with Crippen molar-refractivity contribution in [3.05, 3.63) is 35.3 Å². The molecule has 1 heterocycles. The Morgan fingerprint density at radius 3 is 2.71 bits per heavy atom. The van der Waals surface area contributed by atoms with E-state index in [1.54, 1.807) is 6.92 Å². The molecule has 4 nitrogen and oxygen atoms in total. The van der Waals surface area contributed by atoms with Gasteiger partial charge in [-0.3, -0.25) is 4.79 Å². The molecular formula is C16H14FNO3. The maximum atomic E-state index is 13.5. The third-order valence-electron chi connectivity index (χ3n) is 3.10. The zero-order chi connectivity index (χ0) is 15.6. The lowest BCUT2D eigenvalue weighted by atomic mass is 10.1. The number of nitrogens with zero attached hydrogens (tertiary/aromatic N) is 1. The molecule has 5 heteroatoms. The van der Waals surface area contributed by atoms with Gasteiger partial charge < -0.3 is 9.30 Å². The van der Waals surface area contributed by atoms with Crippen LogP contribution in [0.4, 0.5) is 4.39 Å². The number of hydrogen-bond acceptors (Lipinski definition) is 3. The van der Waals surface area contributed by atoms with Crippen LogP contribution in [0.3, 0.4) is 0 Å². The third kappa shape index (κ3) is 2.52. The van der Waals surface area contributed by atoms with Gasteiger partial charge in [0.2, 0.25) is 0 Å². The van der Waals surface area contributed by atoms with Gasteiger partial charge in [0.15, 0.2) is 5.78 Å². The van der Waals surface area contributed by atoms with Crippen LogP contribution in [0.15, 0.2) is 18.2 Å². The number of terminal acetylenes is 1. The highest BCUT2D eigenvalue weighted by Gasteiger charge is 2.26. The summed E-state index contributed by atoms with van der Waals surface area (Å²) >= 11 is 0. The molecule has 0 saturated carbocycles. The van der Waals surface area contributed by atoms with Crippen LogP contribution in [0.2, 0.25) is 0 Å². The van der Waals surface area contributed by atoms with Crippen molar-refractivity contribution in [1.82, 2.24) is 4.57 Å². The van der Waals surface area contributed by atoms with Crippen molar-refractivity contribution in [1.29, 1.82) is 0 Å². The summed E-state index contributed by atoms with van der Waals surface area (Å²) in [6, 6.07) is 3.98. The smallest absolute Gasteiger partial charge is 0.355 e. The Balaban J connectivity index is 2.87. The Bertz CT molecular complexity index is 768. The minimum absolute atomic E-state index is 0.0721. The van der Waals surface area contributed by atoms with Crippen LogP contribution in [0, 0.1) is 18.2 Å². The van der Waals surface area contributed by atoms with Crippen molar-refractivity contribution in [2.75, 3.05) is 6.61 Å². The highest BCUT2D eigenvalue weighted by Crippen LogP contribution is 2.28. The number of benzene rings is 1. The topological polar surface area (TPSA) is 48.3 Å². The lowest BCUT2D eigenvalue weighted by Gasteiger charge is -2.07. The van der Waals surface area contributed by atoms with E-state index in [4.69, 9.17) is 11.2 Å². The number of rotatable bonds is 4. The zero-order valence-corrected chi connectivity index (χ0v) is 11.8. The molecule has 0 unspecified atom stereocenters. The second-order valence-electron chi connectivity index (χ2n) is 4.45. The Morgan fingerprint density at radius 2 is 2.14 bits per heavy atom. The number of esters is 1. The van der Waals surface area contributed by atoms with Gasteiger partial charge in [-0.1, -0.05) is 5.92 Å². The number of carbonyl (C=O) groups excluding carboxylic acids is 2. The second kappa shape index (κ2) is 5.80. The lowest BCUT2D eigenvalue weighted by Crippen LogP contribution is -2.15. The van der Waals surface area contributed by atoms with Gasteiger partial charge in [0.05, 0.1) is 24.2 Å². The molecule has 0 fully saturated rings. The molecule has 0 aliphatic carbocycles. The van der Waals surface area contributed by atoms with E-state index in [0.717, 1.165) is 0 Å². The molecule has 0 bridgehead atoms. The van der Waals surface area contributed by atoms with Gasteiger partial charge >= 0.3 is 5.97 Å². The first-order valence-corrected chi connectivity index (χ1v) is 6.44. The van der Waals surface area contributed by atoms with Crippen molar-refractivity contribution in [3.8, 4) is 12.3 Å². The van der Waals surface area contributed by atoms with Gasteiger partial charge in [0.25, 0.3) is 0 Å². The van der Waals surface area contributed by atoms with Gasteiger partial charge in [0, 0.05) is 5.39 Å². The van der Waals surface area contributed by atoms with Gasteiger partial charge in [0.1, 0.15) is 11.5 Å². The summed E-state index contributed by atoms with van der Waals surface area (Å²) in [4.78, 5) is 24.1. The summed E-state index contributed by atoms with van der Waals surface area (Å²) in [5.74, 6) is 0.956. The van der Waals surface area contributed by atoms with Crippen molar-refractivity contribution in [3.63, 3.8) is 0 Å². The molecule has 0 aliphatic heterocycles. The fourth-order valence-corrected chi connectivity index (χ4v) is 2.35.